The molecule has 0 aromatic heterocycles. The topological polar surface area (TPSA) is 32.8 Å². The molecule has 0 bridgehead atoms. The number of hydrogen-bond donors (Lipinski definition) is 0. The Morgan fingerprint density at radius 1 is 1.13 bits per heavy atom. The molecule has 2 aliphatic heterocycles. The molecule has 2 aliphatic rings. The number of carbonyl (C=O) groups excluding carboxylic acids is 1. The molecule has 2 fully saturated rings. The summed E-state index contributed by atoms with van der Waals surface area (Å²) in [6, 6.07) is 9.99. The Balaban J connectivity index is 1.36. The lowest BCUT2D eigenvalue weighted by molar-refractivity contribution is -0.143. The van der Waals surface area contributed by atoms with Gasteiger partial charge in [0.2, 0.25) is 5.91 Å². The van der Waals surface area contributed by atoms with E-state index in [1.165, 1.54) is 0 Å². The molecule has 4 nitrogen and oxygen atoms in total. The summed E-state index contributed by atoms with van der Waals surface area (Å²) in [7, 11) is 1.95. The van der Waals surface area contributed by atoms with Crippen LogP contribution in [-0.4, -0.2) is 55.5 Å². The van der Waals surface area contributed by atoms with Crippen molar-refractivity contribution in [3.8, 4) is 5.75 Å². The van der Waals surface area contributed by atoms with Crippen molar-refractivity contribution in [2.45, 2.75) is 32.1 Å². The third-order valence-electron chi connectivity index (χ3n) is 5.26. The van der Waals surface area contributed by atoms with Gasteiger partial charge in [-0.25, -0.2) is 0 Å². The fourth-order valence-corrected chi connectivity index (χ4v) is 3.94. The van der Waals surface area contributed by atoms with E-state index in [0.717, 1.165) is 70.6 Å². The first-order valence-corrected chi connectivity index (χ1v) is 8.85. The second-order valence-corrected chi connectivity index (χ2v) is 7.01. The summed E-state index contributed by atoms with van der Waals surface area (Å²) >= 11 is 0. The summed E-state index contributed by atoms with van der Waals surface area (Å²) in [6.07, 6.45) is 5.46. The second-order valence-electron chi connectivity index (χ2n) is 7.01. The Morgan fingerprint density at radius 2 is 1.96 bits per heavy atom. The molecule has 0 aliphatic carbocycles. The molecule has 0 saturated carbocycles. The molecule has 3 rings (SSSR count). The van der Waals surface area contributed by atoms with Crippen molar-refractivity contribution in [1.29, 1.82) is 0 Å². The highest BCUT2D eigenvalue weighted by Crippen LogP contribution is 2.39. The van der Waals surface area contributed by atoms with Crippen molar-refractivity contribution in [1.82, 2.24) is 9.80 Å². The minimum Gasteiger partial charge on any atom is -0.494 e. The standard InChI is InChI=1S/C19H28N2O2/c1-20-12-7-10-19(18(20)22)11-14-21(16-19)13-5-6-15-23-17-8-3-2-4-9-17/h2-4,8-9H,5-7,10-16H2,1H3/t19-/m1/s1. The summed E-state index contributed by atoms with van der Waals surface area (Å²) in [6.45, 7) is 4.80. The quantitative estimate of drug-likeness (QED) is 0.757. The molecule has 2 saturated heterocycles. The predicted octanol–water partition coefficient (Wildman–Crippen LogP) is 2.79. The Labute approximate surface area is 139 Å². The highest BCUT2D eigenvalue weighted by Gasteiger charge is 2.47. The Bertz CT molecular complexity index is 519. The van der Waals surface area contributed by atoms with Crippen molar-refractivity contribution in [3.05, 3.63) is 30.3 Å². The first kappa shape index (κ1) is 16.3. The zero-order valence-corrected chi connectivity index (χ0v) is 14.2. The van der Waals surface area contributed by atoms with Crippen LogP contribution in [0.1, 0.15) is 32.1 Å². The Hall–Kier alpha value is -1.55. The van der Waals surface area contributed by atoms with Gasteiger partial charge in [0.1, 0.15) is 5.75 Å². The zero-order valence-electron chi connectivity index (χ0n) is 14.2. The van der Waals surface area contributed by atoms with Crippen molar-refractivity contribution < 1.29 is 9.53 Å². The van der Waals surface area contributed by atoms with Crippen LogP contribution in [0, 0.1) is 5.41 Å². The van der Waals surface area contributed by atoms with E-state index < -0.39 is 0 Å². The number of amides is 1. The summed E-state index contributed by atoms with van der Waals surface area (Å²) < 4.78 is 5.73. The van der Waals surface area contributed by atoms with Crippen LogP contribution in [0.4, 0.5) is 0 Å². The van der Waals surface area contributed by atoms with Crippen LogP contribution in [-0.2, 0) is 4.79 Å². The lowest BCUT2D eigenvalue weighted by Crippen LogP contribution is -2.48. The molecule has 23 heavy (non-hydrogen) atoms. The number of ether oxygens (including phenoxy) is 1. The molecule has 1 atom stereocenters. The van der Waals surface area contributed by atoms with Crippen LogP contribution in [0.3, 0.4) is 0 Å². The van der Waals surface area contributed by atoms with E-state index in [9.17, 15) is 4.79 Å². The molecule has 1 amide bonds. The van der Waals surface area contributed by atoms with Gasteiger partial charge in [0.15, 0.2) is 0 Å². The van der Waals surface area contributed by atoms with Gasteiger partial charge >= 0.3 is 0 Å². The highest BCUT2D eigenvalue weighted by atomic mass is 16.5. The maximum absolute atomic E-state index is 12.5. The minimum absolute atomic E-state index is 0.0759. The van der Waals surface area contributed by atoms with Crippen LogP contribution >= 0.6 is 0 Å². The van der Waals surface area contributed by atoms with Crippen LogP contribution in [0.2, 0.25) is 0 Å². The third-order valence-corrected chi connectivity index (χ3v) is 5.26. The number of unbranched alkanes of at least 4 members (excludes halogenated alkanes) is 1. The molecule has 1 aromatic rings. The SMILES string of the molecule is CN1CCC[C@]2(CCN(CCCCOc3ccccc3)C2)C1=O. The fourth-order valence-electron chi connectivity index (χ4n) is 3.94. The fraction of sp³-hybridized carbons (Fsp3) is 0.632. The van der Waals surface area contributed by atoms with Crippen LogP contribution < -0.4 is 4.74 Å². The molecule has 1 spiro atoms. The van der Waals surface area contributed by atoms with Gasteiger partial charge in [-0.15, -0.1) is 0 Å². The van der Waals surface area contributed by atoms with E-state index in [1.54, 1.807) is 0 Å². The molecule has 4 heteroatoms. The van der Waals surface area contributed by atoms with Crippen LogP contribution in [0.25, 0.3) is 0 Å². The summed E-state index contributed by atoms with van der Waals surface area (Å²) in [5.74, 6) is 1.32. The van der Waals surface area contributed by atoms with Gasteiger partial charge in [0, 0.05) is 20.1 Å². The maximum Gasteiger partial charge on any atom is 0.229 e. The molecular formula is C19H28N2O2. The van der Waals surface area contributed by atoms with Crippen LogP contribution in [0.5, 0.6) is 5.75 Å². The molecule has 2 heterocycles. The minimum atomic E-state index is -0.0759. The summed E-state index contributed by atoms with van der Waals surface area (Å²) in [4.78, 5) is 16.9. The van der Waals surface area contributed by atoms with Crippen molar-refractivity contribution in [2.24, 2.45) is 5.41 Å². The van der Waals surface area contributed by atoms with Gasteiger partial charge < -0.3 is 14.5 Å². The predicted molar refractivity (Wildman–Crippen MR) is 91.5 cm³/mol. The van der Waals surface area contributed by atoms with E-state index in [0.29, 0.717) is 5.91 Å². The lowest BCUT2D eigenvalue weighted by atomic mass is 9.78. The molecule has 0 radical (unpaired) electrons. The first-order chi connectivity index (χ1) is 11.2. The lowest BCUT2D eigenvalue weighted by Gasteiger charge is -2.37. The van der Waals surface area contributed by atoms with Gasteiger partial charge in [-0.3, -0.25) is 4.79 Å². The number of likely N-dealkylation sites (tertiary alicyclic amines) is 2. The first-order valence-electron chi connectivity index (χ1n) is 8.85. The van der Waals surface area contributed by atoms with Crippen molar-refractivity contribution in [2.75, 3.05) is 39.8 Å². The number of benzene rings is 1. The average molecular weight is 316 g/mol. The van der Waals surface area contributed by atoms with Gasteiger partial charge in [-0.1, -0.05) is 18.2 Å². The highest BCUT2D eigenvalue weighted by molar-refractivity contribution is 5.83. The number of rotatable bonds is 6. The smallest absolute Gasteiger partial charge is 0.229 e. The normalized spacial score (nSPS) is 25.3. The number of nitrogens with zero attached hydrogens (tertiary/aromatic N) is 2. The average Bonchev–Trinajstić information content (AvgIpc) is 2.97. The number of carbonyl (C=O) groups is 1. The van der Waals surface area contributed by atoms with Gasteiger partial charge in [-0.2, -0.15) is 0 Å². The number of hydrogen-bond acceptors (Lipinski definition) is 3. The molecule has 0 unspecified atom stereocenters. The number of piperidine rings is 1. The third kappa shape index (κ3) is 3.86. The largest absolute Gasteiger partial charge is 0.494 e. The molecular weight excluding hydrogens is 288 g/mol. The van der Waals surface area contributed by atoms with Gasteiger partial charge in [0.05, 0.1) is 12.0 Å². The molecule has 126 valence electrons. The van der Waals surface area contributed by atoms with E-state index >= 15 is 0 Å². The van der Waals surface area contributed by atoms with E-state index in [4.69, 9.17) is 4.74 Å². The van der Waals surface area contributed by atoms with Crippen LogP contribution in [0.15, 0.2) is 30.3 Å². The van der Waals surface area contributed by atoms with Crippen molar-refractivity contribution in [3.63, 3.8) is 0 Å². The summed E-state index contributed by atoms with van der Waals surface area (Å²) in [5.41, 5.74) is -0.0759. The molecule has 0 N–H and O–H groups in total. The van der Waals surface area contributed by atoms with Gasteiger partial charge in [0.25, 0.3) is 0 Å². The molecule has 1 aromatic carbocycles. The summed E-state index contributed by atoms with van der Waals surface area (Å²) in [5, 5.41) is 0. The van der Waals surface area contributed by atoms with Gasteiger partial charge in [-0.05, 0) is 57.3 Å². The van der Waals surface area contributed by atoms with E-state index in [2.05, 4.69) is 4.90 Å². The maximum atomic E-state index is 12.5. The Morgan fingerprint density at radius 3 is 2.78 bits per heavy atom. The van der Waals surface area contributed by atoms with E-state index in [-0.39, 0.29) is 5.41 Å². The van der Waals surface area contributed by atoms with Crippen molar-refractivity contribution >= 4 is 5.91 Å². The Kier molecular flexibility index (Phi) is 5.21. The zero-order chi connectivity index (χ0) is 16.1. The number of para-hydroxylation sites is 1. The van der Waals surface area contributed by atoms with E-state index in [1.807, 2.05) is 42.3 Å². The monoisotopic (exact) mass is 316 g/mol. The second kappa shape index (κ2) is 7.35.